The minimum atomic E-state index is -3.99. The minimum Gasteiger partial charge on any atom is -0.350 e. The number of amides is 1. The van der Waals surface area contributed by atoms with Gasteiger partial charge in [-0.15, -0.1) is 0 Å². The normalized spacial score (nSPS) is 15.7. The van der Waals surface area contributed by atoms with E-state index in [4.69, 9.17) is 23.2 Å². The van der Waals surface area contributed by atoms with Gasteiger partial charge in [-0.2, -0.15) is 4.98 Å². The van der Waals surface area contributed by atoms with Gasteiger partial charge < -0.3 is 9.80 Å². The summed E-state index contributed by atoms with van der Waals surface area (Å²) in [5.41, 5.74) is -0.583. The number of hydrogen-bond acceptors (Lipinski definition) is 8. The average molecular weight is 660 g/mol. The zero-order valence-electron chi connectivity index (χ0n) is 24.4. The monoisotopic (exact) mass is 658 g/mol. The van der Waals surface area contributed by atoms with Crippen molar-refractivity contribution in [2.45, 2.75) is 44.0 Å². The number of pyridine rings is 2. The number of benzene rings is 1. The number of rotatable bonds is 6. The lowest BCUT2D eigenvalue weighted by atomic mass is 10.1. The molecule has 3 aromatic heterocycles. The number of sulfone groups is 1. The second-order valence-electron chi connectivity index (χ2n) is 10.7. The number of nitrogens with zero attached hydrogens (tertiary/aromatic N) is 6. The smallest absolute Gasteiger partial charge is 0.350 e. The van der Waals surface area contributed by atoms with E-state index in [0.29, 0.717) is 30.6 Å². The van der Waals surface area contributed by atoms with Gasteiger partial charge in [-0.05, 0) is 63.6 Å². The highest BCUT2D eigenvalue weighted by molar-refractivity contribution is 7.92. The van der Waals surface area contributed by atoms with Crippen LogP contribution < -0.4 is 10.6 Å². The first kappa shape index (κ1) is 31.6. The summed E-state index contributed by atoms with van der Waals surface area (Å²) in [6.45, 7) is 11.1. The standard InChI is InChI=1S/C30H29Cl2FN6O4S/c1-6-23(40)37-12-13-38(18(5)15-37)27-19-14-21(32)25(24-20(31)8-7-9-22(24)33)35-28(19)39(30(41)36-27)26-17(4)10-11-34-29(26)44(42,43)16(2)3/h6-11,14,16,18H,1,12-13,15H2,2-5H3/t18-/m0/s1. The van der Waals surface area contributed by atoms with Crippen molar-refractivity contribution < 1.29 is 17.6 Å². The highest BCUT2D eigenvalue weighted by atomic mass is 35.5. The van der Waals surface area contributed by atoms with Gasteiger partial charge in [-0.1, -0.05) is 35.8 Å². The number of halogens is 3. The van der Waals surface area contributed by atoms with E-state index in [1.54, 1.807) is 17.9 Å². The summed E-state index contributed by atoms with van der Waals surface area (Å²) in [6.07, 6.45) is 2.60. The summed E-state index contributed by atoms with van der Waals surface area (Å²) in [5, 5.41) is -0.798. The van der Waals surface area contributed by atoms with Crippen molar-refractivity contribution in [1.29, 1.82) is 0 Å². The molecular formula is C30H29Cl2FN6O4S. The van der Waals surface area contributed by atoms with Crippen LogP contribution in [0.5, 0.6) is 0 Å². The Morgan fingerprint density at radius 3 is 2.52 bits per heavy atom. The van der Waals surface area contributed by atoms with Crippen LogP contribution in [-0.4, -0.2) is 69.7 Å². The van der Waals surface area contributed by atoms with Crippen LogP contribution in [0.25, 0.3) is 28.0 Å². The molecule has 0 unspecified atom stereocenters. The number of anilines is 1. The van der Waals surface area contributed by atoms with E-state index in [-0.39, 0.29) is 55.4 Å². The van der Waals surface area contributed by atoms with Gasteiger partial charge in [-0.3, -0.25) is 4.79 Å². The van der Waals surface area contributed by atoms with Gasteiger partial charge in [0, 0.05) is 31.9 Å². The lowest BCUT2D eigenvalue weighted by Gasteiger charge is -2.40. The zero-order valence-corrected chi connectivity index (χ0v) is 26.7. The molecule has 4 aromatic rings. The molecule has 14 heteroatoms. The maximum Gasteiger partial charge on any atom is 0.355 e. The molecule has 1 aliphatic heterocycles. The Labute approximate surface area is 263 Å². The summed E-state index contributed by atoms with van der Waals surface area (Å²) in [7, 11) is -3.99. The fraction of sp³-hybridized carbons (Fsp3) is 0.300. The molecule has 1 amide bonds. The van der Waals surface area contributed by atoms with Gasteiger partial charge in [-0.25, -0.2) is 32.1 Å². The summed E-state index contributed by atoms with van der Waals surface area (Å²) in [5.74, 6) is -0.673. The van der Waals surface area contributed by atoms with Crippen LogP contribution in [0, 0.1) is 12.7 Å². The van der Waals surface area contributed by atoms with Gasteiger partial charge in [0.1, 0.15) is 11.6 Å². The quantitative estimate of drug-likeness (QED) is 0.266. The van der Waals surface area contributed by atoms with E-state index >= 15 is 4.39 Å². The third-order valence-electron chi connectivity index (χ3n) is 7.59. The van der Waals surface area contributed by atoms with Crippen molar-refractivity contribution in [3.8, 4) is 16.9 Å². The van der Waals surface area contributed by atoms with Crippen LogP contribution in [0.4, 0.5) is 10.2 Å². The molecule has 0 aliphatic carbocycles. The molecule has 0 bridgehead atoms. The van der Waals surface area contributed by atoms with Crippen LogP contribution in [0.2, 0.25) is 10.0 Å². The fourth-order valence-electron chi connectivity index (χ4n) is 5.26. The lowest BCUT2D eigenvalue weighted by molar-refractivity contribution is -0.126. The molecule has 1 saturated heterocycles. The summed E-state index contributed by atoms with van der Waals surface area (Å²) in [4.78, 5) is 43.1. The van der Waals surface area contributed by atoms with Gasteiger partial charge in [0.2, 0.25) is 5.91 Å². The Hall–Kier alpha value is -3.87. The molecular weight excluding hydrogens is 630 g/mol. The van der Waals surface area contributed by atoms with Gasteiger partial charge >= 0.3 is 5.69 Å². The maximum absolute atomic E-state index is 15.1. The van der Waals surface area contributed by atoms with E-state index in [9.17, 15) is 18.0 Å². The maximum atomic E-state index is 15.1. The Balaban J connectivity index is 1.87. The largest absolute Gasteiger partial charge is 0.355 e. The molecule has 0 N–H and O–H groups in total. The second kappa shape index (κ2) is 11.9. The topological polar surface area (TPSA) is 118 Å². The molecule has 1 atom stereocenters. The molecule has 5 rings (SSSR count). The molecule has 10 nitrogen and oxygen atoms in total. The lowest BCUT2D eigenvalue weighted by Crippen LogP contribution is -2.54. The molecule has 1 fully saturated rings. The van der Waals surface area contributed by atoms with Crippen LogP contribution in [0.15, 0.2) is 59.0 Å². The van der Waals surface area contributed by atoms with Crippen molar-refractivity contribution in [1.82, 2.24) is 24.4 Å². The molecule has 0 spiro atoms. The van der Waals surface area contributed by atoms with Crippen molar-refractivity contribution in [2.75, 3.05) is 24.5 Å². The van der Waals surface area contributed by atoms with Crippen molar-refractivity contribution in [2.24, 2.45) is 0 Å². The number of aryl methyl sites for hydroxylation is 1. The van der Waals surface area contributed by atoms with Crippen LogP contribution in [0.3, 0.4) is 0 Å². The number of fused-ring (bicyclic) bond motifs is 1. The zero-order chi connectivity index (χ0) is 32.1. The Bertz CT molecular complexity index is 1980. The number of carbonyl (C=O) groups is 1. The number of hydrogen-bond donors (Lipinski definition) is 0. The van der Waals surface area contributed by atoms with E-state index in [1.807, 2.05) is 11.8 Å². The van der Waals surface area contributed by atoms with E-state index < -0.39 is 26.6 Å². The predicted octanol–water partition coefficient (Wildman–Crippen LogP) is 5.00. The van der Waals surface area contributed by atoms with Gasteiger partial charge in [0.05, 0.1) is 37.6 Å². The fourth-order valence-corrected chi connectivity index (χ4v) is 6.93. The first-order valence-electron chi connectivity index (χ1n) is 13.7. The summed E-state index contributed by atoms with van der Waals surface area (Å²) >= 11 is 13.1. The molecule has 0 radical (unpaired) electrons. The summed E-state index contributed by atoms with van der Waals surface area (Å²) < 4.78 is 43.2. The van der Waals surface area contributed by atoms with E-state index in [1.165, 1.54) is 50.4 Å². The first-order valence-corrected chi connectivity index (χ1v) is 16.0. The van der Waals surface area contributed by atoms with Gasteiger partial charge in [0.25, 0.3) is 0 Å². The molecule has 0 saturated carbocycles. The van der Waals surface area contributed by atoms with E-state index in [2.05, 4.69) is 21.5 Å². The third kappa shape index (κ3) is 5.35. The van der Waals surface area contributed by atoms with Crippen LogP contribution in [0.1, 0.15) is 26.3 Å². The number of aromatic nitrogens is 4. The van der Waals surface area contributed by atoms with Crippen molar-refractivity contribution in [3.05, 3.63) is 81.1 Å². The Morgan fingerprint density at radius 2 is 1.89 bits per heavy atom. The van der Waals surface area contributed by atoms with Crippen molar-refractivity contribution >= 4 is 55.8 Å². The highest BCUT2D eigenvalue weighted by Crippen LogP contribution is 2.38. The molecule has 1 aliphatic rings. The Morgan fingerprint density at radius 1 is 1.16 bits per heavy atom. The highest BCUT2D eigenvalue weighted by Gasteiger charge is 2.32. The first-order chi connectivity index (χ1) is 20.8. The Kier molecular flexibility index (Phi) is 8.54. The SMILES string of the molecule is C=CC(=O)N1CCN(c2nc(=O)n(-c3c(C)ccnc3S(=O)(=O)C(C)C)c3nc(-c4c(F)cccc4Cl)c(Cl)cc23)[C@@H](C)C1. The van der Waals surface area contributed by atoms with Crippen LogP contribution in [-0.2, 0) is 14.6 Å². The van der Waals surface area contributed by atoms with Crippen LogP contribution >= 0.6 is 23.2 Å². The number of carbonyl (C=O) groups excluding carboxylic acids is 1. The van der Waals surface area contributed by atoms with Gasteiger partial charge in [0.15, 0.2) is 20.5 Å². The minimum absolute atomic E-state index is 0.0215. The third-order valence-corrected chi connectivity index (χ3v) is 10.3. The van der Waals surface area contributed by atoms with Crippen molar-refractivity contribution in [3.63, 3.8) is 0 Å². The second-order valence-corrected chi connectivity index (χ2v) is 14.0. The summed E-state index contributed by atoms with van der Waals surface area (Å²) in [6, 6.07) is 6.93. The average Bonchev–Trinajstić information content (AvgIpc) is 2.97. The molecule has 230 valence electrons. The molecule has 4 heterocycles. The molecule has 1 aromatic carbocycles. The number of piperazine rings is 1. The van der Waals surface area contributed by atoms with E-state index in [0.717, 1.165) is 4.57 Å². The molecule has 44 heavy (non-hydrogen) atoms. The predicted molar refractivity (Wildman–Crippen MR) is 169 cm³/mol.